The summed E-state index contributed by atoms with van der Waals surface area (Å²) in [6.45, 7) is 14.5. The molecule has 125 heavy (non-hydrogen) atoms. The van der Waals surface area contributed by atoms with E-state index in [2.05, 4.69) is 21.3 Å². The number of unbranched alkanes of at least 4 members (excludes halogenated alkanes) is 14. The summed E-state index contributed by atoms with van der Waals surface area (Å²) < 4.78 is 157. The zero-order valence-electron chi connectivity index (χ0n) is 73.6. The maximum Gasteiger partial charge on any atom is 0.333 e. The second-order valence-electron chi connectivity index (χ2n) is 32.6. The molecule has 4 rings (SSSR count). The summed E-state index contributed by atoms with van der Waals surface area (Å²) >= 11 is 0. The van der Waals surface area contributed by atoms with Crippen molar-refractivity contribution in [3.63, 3.8) is 0 Å². The van der Waals surface area contributed by atoms with Crippen LogP contribution in [0.15, 0.2) is 0 Å². The molecule has 18 atom stereocenters. The highest BCUT2D eigenvalue weighted by Gasteiger charge is 2.51. The largest absolute Gasteiger partial charge is 0.388 e. The Balaban J connectivity index is 0.788. The monoisotopic (exact) mass is 1850 g/mol. The first-order valence-corrected chi connectivity index (χ1v) is 47.4. The van der Waals surface area contributed by atoms with E-state index in [0.29, 0.717) is 157 Å². The van der Waals surface area contributed by atoms with E-state index in [0.717, 1.165) is 103 Å². The quantitative estimate of drug-likeness (QED) is 0.0283. The highest BCUT2D eigenvalue weighted by molar-refractivity contribution is 7.84. The van der Waals surface area contributed by atoms with E-state index in [-0.39, 0.29) is 119 Å². The fourth-order valence-electron chi connectivity index (χ4n) is 13.6. The van der Waals surface area contributed by atoms with Crippen LogP contribution in [0.4, 0.5) is 0 Å². The van der Waals surface area contributed by atoms with Crippen LogP contribution in [0.25, 0.3) is 0 Å². The van der Waals surface area contributed by atoms with Gasteiger partial charge in [0.25, 0.3) is 0 Å². The van der Waals surface area contributed by atoms with Crippen molar-refractivity contribution in [3.8, 4) is 0 Å². The van der Waals surface area contributed by atoms with Gasteiger partial charge in [0.2, 0.25) is 23.6 Å². The molecular weight excluding hydrogens is 1700 g/mol. The van der Waals surface area contributed by atoms with E-state index < -0.39 is 131 Å². The van der Waals surface area contributed by atoms with Crippen molar-refractivity contribution in [2.45, 2.75) is 318 Å². The molecule has 0 bridgehead atoms. The molecule has 16 N–H and O–H groups in total. The van der Waals surface area contributed by atoms with Crippen LogP contribution in [-0.2, 0) is 125 Å². The number of hydrogen-bond acceptors (Lipinski definition) is 34. The molecule has 732 valence electrons. The number of carbonyl (C=O) groups is 6. The Bertz CT molecular complexity index is 2930. The molecule has 0 aromatic heterocycles. The van der Waals surface area contributed by atoms with Crippen LogP contribution >= 0.6 is 0 Å². The Morgan fingerprint density at radius 2 is 0.600 bits per heavy atom. The zero-order valence-corrected chi connectivity index (χ0v) is 75.2. The molecule has 4 saturated heterocycles. The minimum absolute atomic E-state index is 0.0669. The maximum absolute atomic E-state index is 12.4. The van der Waals surface area contributed by atoms with Gasteiger partial charge in [-0.3, -0.25) is 37.9 Å². The number of ketones is 2. The number of carbonyl (C=O) groups excluding carboxylic acids is 6. The zero-order chi connectivity index (χ0) is 91.7. The minimum Gasteiger partial charge on any atom is -0.388 e. The molecule has 4 fully saturated rings. The second kappa shape index (κ2) is 66.4. The first-order chi connectivity index (χ1) is 59.7. The molecule has 42 nitrogen and oxygen atoms in total. The standard InChI is InChI=1S/C81H150N6O36S2/c1-57-69(94)73(98)67(86-124(102,103)104)77(120-57)122-61-53-118-79(75(100)71(61)96)116-39-21-13-11-19-35-82-63(90)29-41-110-47-51-112-49-45-108-37-23-27-59(88)25-15-7-5-9-17-33-84-65(92)31-43-114-55-81(3,4)56-115-44-32-66(93)85-34-18-10-6-8-16-26-60(89)28-24-38-109-46-50-113-52-48-111-42-30-64(91)83-36-20-12-14-22-40-117-80-76(101)72(97)62(54-119-80)123-78-68(87-125(105,106)107)74(99)70(95)58(2)121-78/h57-58,61-62,67-80,86-87,94-101H,5-56H2,1-4H3,(H,82,90)(H,83,91)(H,84,92)(H,85,93)(H,102,103,104)(H,105,106,107). The predicted molar refractivity (Wildman–Crippen MR) is 446 cm³/mol. The molecule has 0 aromatic rings. The summed E-state index contributed by atoms with van der Waals surface area (Å²) in [6.07, 6.45) is -3.54. The molecule has 0 spiro atoms. The lowest BCUT2D eigenvalue weighted by Crippen LogP contribution is -2.65. The molecule has 4 amide bonds. The number of ether oxygens (including phenoxy) is 16. The summed E-state index contributed by atoms with van der Waals surface area (Å²) in [5.41, 5.74) is -0.303. The van der Waals surface area contributed by atoms with Crippen molar-refractivity contribution in [2.75, 3.05) is 158 Å². The molecule has 0 saturated carbocycles. The Kier molecular flexibility index (Phi) is 60.2. The minimum atomic E-state index is -4.85. The summed E-state index contributed by atoms with van der Waals surface area (Å²) in [5, 5.41) is 95.3. The molecule has 4 aliphatic heterocycles. The van der Waals surface area contributed by atoms with Crippen LogP contribution in [-0.4, -0.2) is 371 Å². The third-order valence-electron chi connectivity index (χ3n) is 20.9. The maximum atomic E-state index is 12.4. The lowest BCUT2D eigenvalue weighted by atomic mass is 9.96. The first-order valence-electron chi connectivity index (χ1n) is 44.5. The number of aliphatic hydroxyl groups excluding tert-OH is 8. The van der Waals surface area contributed by atoms with E-state index in [4.69, 9.17) is 75.8 Å². The topological polar surface area (TPSA) is 593 Å². The van der Waals surface area contributed by atoms with Crippen molar-refractivity contribution < 1.29 is 171 Å². The summed E-state index contributed by atoms with van der Waals surface area (Å²) in [4.78, 5) is 73.9. The van der Waals surface area contributed by atoms with Gasteiger partial charge in [0.1, 0.15) is 84.7 Å². The SMILES string of the molecule is CC1OC(OC2COC(OCCCCCCNC(=O)CCOCCOCCOCCCC(=O)CCCCCCCNC(=O)CCOCC(C)(C)COCCC(=O)NCCCCCCCC(=O)CCCOCCOCCOCCC(=O)NCCCCCCOC3OCC(OC4OC(C)C(O)C(O)C4NS(=O)(=O)O)C(O)C3O)C(O)C2O)C(NS(=O)(=O)O)C(O)C1O. The van der Waals surface area contributed by atoms with Gasteiger partial charge >= 0.3 is 20.6 Å². The van der Waals surface area contributed by atoms with Crippen LogP contribution in [0.2, 0.25) is 0 Å². The number of Topliss-reactive ketones (excluding diaryl/α,β-unsaturated/α-hetero) is 2. The highest BCUT2D eigenvalue weighted by atomic mass is 32.2. The van der Waals surface area contributed by atoms with Gasteiger partial charge in [-0.25, -0.2) is 0 Å². The average Bonchev–Trinajstić information content (AvgIpc) is 0.795. The smallest absolute Gasteiger partial charge is 0.333 e. The molecule has 0 aromatic carbocycles. The third kappa shape index (κ3) is 52.7. The highest BCUT2D eigenvalue weighted by Crippen LogP contribution is 2.30. The van der Waals surface area contributed by atoms with Crippen LogP contribution in [0, 0.1) is 5.41 Å². The van der Waals surface area contributed by atoms with Crippen LogP contribution in [0.3, 0.4) is 0 Å². The number of rotatable bonds is 76. The number of hydrogen-bond donors (Lipinski definition) is 16. The molecular formula is C81H150N6O36S2. The van der Waals surface area contributed by atoms with Gasteiger partial charge < -0.3 is 138 Å². The van der Waals surface area contributed by atoms with Crippen molar-refractivity contribution >= 4 is 55.8 Å². The first kappa shape index (κ1) is 113. The molecule has 4 heterocycles. The van der Waals surface area contributed by atoms with Crippen molar-refractivity contribution in [2.24, 2.45) is 5.41 Å². The molecule has 18 unspecified atom stereocenters. The van der Waals surface area contributed by atoms with Crippen LogP contribution in [0.1, 0.15) is 207 Å². The fraction of sp³-hybridized carbons (Fsp3) is 0.926. The van der Waals surface area contributed by atoms with Gasteiger partial charge in [0, 0.05) is 109 Å². The predicted octanol–water partition coefficient (Wildman–Crippen LogP) is 0.0862. The van der Waals surface area contributed by atoms with Gasteiger partial charge in [-0.05, 0) is 78.1 Å². The average molecular weight is 1850 g/mol. The van der Waals surface area contributed by atoms with Gasteiger partial charge in [0.15, 0.2) is 25.2 Å². The molecule has 4 aliphatic rings. The van der Waals surface area contributed by atoms with E-state index in [1.54, 1.807) is 9.44 Å². The molecule has 0 radical (unpaired) electrons. The van der Waals surface area contributed by atoms with Crippen molar-refractivity contribution in [1.82, 2.24) is 30.7 Å². The van der Waals surface area contributed by atoms with Gasteiger partial charge in [-0.2, -0.15) is 26.3 Å². The van der Waals surface area contributed by atoms with Gasteiger partial charge in [-0.1, -0.05) is 78.1 Å². The van der Waals surface area contributed by atoms with E-state index in [1.807, 2.05) is 13.8 Å². The molecule has 44 heteroatoms. The molecule has 0 aliphatic carbocycles. The van der Waals surface area contributed by atoms with Crippen molar-refractivity contribution in [1.29, 1.82) is 0 Å². The lowest BCUT2D eigenvalue weighted by Gasteiger charge is -2.44. The Labute approximate surface area is 736 Å². The number of aliphatic hydroxyl groups is 8. The normalized spacial score (nSPS) is 25.6. The lowest BCUT2D eigenvalue weighted by molar-refractivity contribution is -0.323. The van der Waals surface area contributed by atoms with Gasteiger partial charge in [0.05, 0.1) is 118 Å². The summed E-state index contributed by atoms with van der Waals surface area (Å²) in [7, 11) is -9.70. The fourth-order valence-corrected chi connectivity index (χ4v) is 14.7. The third-order valence-corrected chi connectivity index (χ3v) is 22.0. The summed E-state index contributed by atoms with van der Waals surface area (Å²) in [5.74, 6) is 0.0342. The van der Waals surface area contributed by atoms with E-state index in [1.165, 1.54) is 13.8 Å². The Hall–Kier alpha value is -4.00. The number of nitrogens with one attached hydrogen (secondary N) is 6. The second-order valence-corrected chi connectivity index (χ2v) is 34.9. The Morgan fingerprint density at radius 3 is 0.928 bits per heavy atom. The van der Waals surface area contributed by atoms with Crippen molar-refractivity contribution in [3.05, 3.63) is 0 Å². The van der Waals surface area contributed by atoms with Gasteiger partial charge in [-0.15, -0.1) is 0 Å². The van der Waals surface area contributed by atoms with Crippen LogP contribution < -0.4 is 30.7 Å². The Morgan fingerprint density at radius 1 is 0.320 bits per heavy atom. The summed E-state index contributed by atoms with van der Waals surface area (Å²) in [6, 6.07) is -3.28. The number of amides is 4. The van der Waals surface area contributed by atoms with E-state index in [9.17, 15) is 95.6 Å². The van der Waals surface area contributed by atoms with E-state index >= 15 is 0 Å². The van der Waals surface area contributed by atoms with Crippen LogP contribution in [0.5, 0.6) is 0 Å².